The Balaban J connectivity index is 1.63. The molecule has 2 amide bonds. The molecule has 1 N–H and O–H groups in total. The minimum absolute atomic E-state index is 0.0414. The summed E-state index contributed by atoms with van der Waals surface area (Å²) in [6, 6.07) is 12.7. The second-order valence-corrected chi connectivity index (χ2v) is 9.34. The number of ether oxygens (including phenoxy) is 4. The Bertz CT molecular complexity index is 1270. The van der Waals surface area contributed by atoms with Crippen LogP contribution in [0.3, 0.4) is 0 Å². The van der Waals surface area contributed by atoms with Crippen molar-refractivity contribution in [2.24, 2.45) is 0 Å². The molecule has 1 aromatic heterocycles. The van der Waals surface area contributed by atoms with E-state index in [0.717, 1.165) is 32.1 Å². The lowest BCUT2D eigenvalue weighted by Gasteiger charge is -2.33. The molecule has 1 atom stereocenters. The molecule has 2 aromatic carbocycles. The molecule has 38 heavy (non-hydrogen) atoms. The lowest BCUT2D eigenvalue weighted by molar-refractivity contribution is -0.123. The molecule has 0 radical (unpaired) electrons. The summed E-state index contributed by atoms with van der Waals surface area (Å²) >= 11 is 0. The summed E-state index contributed by atoms with van der Waals surface area (Å²) < 4.78 is 27.9. The van der Waals surface area contributed by atoms with Gasteiger partial charge in [-0.2, -0.15) is 0 Å². The Hall–Kier alpha value is -4.14. The van der Waals surface area contributed by atoms with Crippen LogP contribution < -0.4 is 29.2 Å². The monoisotopic (exact) mass is 520 g/mol. The number of amides is 2. The van der Waals surface area contributed by atoms with Gasteiger partial charge in [0.2, 0.25) is 5.91 Å². The van der Waals surface area contributed by atoms with E-state index in [-0.39, 0.29) is 17.7 Å². The first-order valence-electron chi connectivity index (χ1n) is 12.9. The average molecular weight is 521 g/mol. The van der Waals surface area contributed by atoms with Crippen molar-refractivity contribution in [1.82, 2.24) is 5.32 Å². The maximum absolute atomic E-state index is 14.1. The number of nitrogens with one attached hydrogen (secondary N) is 1. The van der Waals surface area contributed by atoms with E-state index in [1.54, 1.807) is 55.6 Å². The first-order chi connectivity index (χ1) is 18.6. The molecular formula is C29H32N2O7. The molecule has 9 nitrogen and oxygen atoms in total. The number of nitrogens with zero attached hydrogens (tertiary/aromatic N) is 1. The maximum atomic E-state index is 14.1. The van der Waals surface area contributed by atoms with Crippen molar-refractivity contribution in [3.8, 4) is 23.0 Å². The van der Waals surface area contributed by atoms with Crippen LogP contribution in [0.5, 0.6) is 23.0 Å². The molecule has 2 aliphatic rings. The third-order valence-corrected chi connectivity index (χ3v) is 6.94. The largest absolute Gasteiger partial charge is 0.493 e. The number of carbonyl (C=O) groups excluding carboxylic acids is 2. The highest BCUT2D eigenvalue weighted by Gasteiger charge is 2.36. The van der Waals surface area contributed by atoms with Crippen molar-refractivity contribution in [1.29, 1.82) is 0 Å². The highest BCUT2D eigenvalue weighted by Crippen LogP contribution is 2.39. The Morgan fingerprint density at radius 2 is 1.68 bits per heavy atom. The van der Waals surface area contributed by atoms with Crippen LogP contribution >= 0.6 is 0 Å². The van der Waals surface area contributed by atoms with Crippen molar-refractivity contribution in [3.05, 3.63) is 66.1 Å². The number of methoxy groups -OCH3 is 2. The summed E-state index contributed by atoms with van der Waals surface area (Å²) in [7, 11) is 3.08. The van der Waals surface area contributed by atoms with E-state index in [1.807, 2.05) is 0 Å². The fourth-order valence-corrected chi connectivity index (χ4v) is 5.05. The Morgan fingerprint density at radius 1 is 0.921 bits per heavy atom. The van der Waals surface area contributed by atoms with Gasteiger partial charge in [-0.15, -0.1) is 0 Å². The van der Waals surface area contributed by atoms with E-state index in [9.17, 15) is 9.59 Å². The van der Waals surface area contributed by atoms with Gasteiger partial charge in [0.15, 0.2) is 28.8 Å². The smallest absolute Gasteiger partial charge is 0.294 e. The number of fused-ring (bicyclic) bond motifs is 1. The third kappa shape index (κ3) is 5.27. The zero-order valence-electron chi connectivity index (χ0n) is 21.6. The van der Waals surface area contributed by atoms with E-state index < -0.39 is 11.9 Å². The molecular weight excluding hydrogens is 488 g/mol. The van der Waals surface area contributed by atoms with Crippen LogP contribution in [-0.4, -0.2) is 45.3 Å². The van der Waals surface area contributed by atoms with E-state index in [4.69, 9.17) is 23.4 Å². The predicted octanol–water partition coefficient (Wildman–Crippen LogP) is 4.91. The number of benzene rings is 2. The SMILES string of the molecule is COc1ccc([C@H](C(=O)NC2CCCCC2)N(C(=O)c2ccco2)c2ccc3c(c2)OCCO3)cc1OC. The second kappa shape index (κ2) is 11.5. The third-order valence-electron chi connectivity index (χ3n) is 6.94. The van der Waals surface area contributed by atoms with Crippen LogP contribution in [0.1, 0.15) is 54.3 Å². The van der Waals surface area contributed by atoms with Gasteiger partial charge < -0.3 is 28.7 Å². The Morgan fingerprint density at radius 3 is 2.39 bits per heavy atom. The maximum Gasteiger partial charge on any atom is 0.294 e. The van der Waals surface area contributed by atoms with Gasteiger partial charge in [0, 0.05) is 17.8 Å². The van der Waals surface area contributed by atoms with Crippen LogP contribution in [0, 0.1) is 0 Å². The molecule has 0 saturated heterocycles. The van der Waals surface area contributed by atoms with Gasteiger partial charge in [0.25, 0.3) is 5.91 Å². The number of hydrogen-bond donors (Lipinski definition) is 1. The number of rotatable bonds is 8. The number of carbonyl (C=O) groups is 2. The number of furan rings is 1. The van der Waals surface area contributed by atoms with E-state index in [1.165, 1.54) is 18.3 Å². The van der Waals surface area contributed by atoms with Crippen LogP contribution in [0.2, 0.25) is 0 Å². The lowest BCUT2D eigenvalue weighted by Crippen LogP contribution is -2.47. The van der Waals surface area contributed by atoms with Crippen molar-refractivity contribution < 1.29 is 33.0 Å². The fraction of sp³-hybridized carbons (Fsp3) is 0.379. The topological polar surface area (TPSA) is 99.5 Å². The van der Waals surface area contributed by atoms with E-state index in [2.05, 4.69) is 5.32 Å². The molecule has 1 aliphatic heterocycles. The molecule has 0 bridgehead atoms. The molecule has 9 heteroatoms. The van der Waals surface area contributed by atoms with Gasteiger partial charge >= 0.3 is 0 Å². The summed E-state index contributed by atoms with van der Waals surface area (Å²) in [6.45, 7) is 0.837. The minimum Gasteiger partial charge on any atom is -0.493 e. The molecule has 5 rings (SSSR count). The summed E-state index contributed by atoms with van der Waals surface area (Å²) in [5, 5.41) is 3.20. The van der Waals surface area contributed by atoms with Gasteiger partial charge in [0.05, 0.1) is 20.5 Å². The summed E-state index contributed by atoms with van der Waals surface area (Å²) in [5.74, 6) is 1.41. The second-order valence-electron chi connectivity index (χ2n) is 9.34. The van der Waals surface area contributed by atoms with E-state index in [0.29, 0.717) is 47.5 Å². The van der Waals surface area contributed by atoms with Gasteiger partial charge in [-0.3, -0.25) is 14.5 Å². The van der Waals surface area contributed by atoms with Gasteiger partial charge in [-0.1, -0.05) is 25.3 Å². The molecule has 1 fully saturated rings. The summed E-state index contributed by atoms with van der Waals surface area (Å²) in [4.78, 5) is 29.5. The molecule has 1 aliphatic carbocycles. The highest BCUT2D eigenvalue weighted by atomic mass is 16.6. The Kier molecular flexibility index (Phi) is 7.72. The lowest BCUT2D eigenvalue weighted by atomic mass is 9.94. The zero-order valence-corrected chi connectivity index (χ0v) is 21.6. The number of hydrogen-bond acceptors (Lipinski definition) is 7. The molecule has 3 aromatic rings. The molecule has 200 valence electrons. The van der Waals surface area contributed by atoms with Crippen LogP contribution in [-0.2, 0) is 4.79 Å². The first kappa shape index (κ1) is 25.5. The van der Waals surface area contributed by atoms with Gasteiger partial charge in [-0.05, 0) is 54.8 Å². The van der Waals surface area contributed by atoms with Gasteiger partial charge in [0.1, 0.15) is 19.3 Å². The summed E-state index contributed by atoms with van der Waals surface area (Å²) in [5.41, 5.74) is 1.03. The normalized spacial score (nSPS) is 15.8. The predicted molar refractivity (Wildman–Crippen MR) is 140 cm³/mol. The van der Waals surface area contributed by atoms with Gasteiger partial charge in [-0.25, -0.2) is 0 Å². The standard InChI is InChI=1S/C29H32N2O7/c1-34-22-12-10-19(17-25(22)35-2)27(28(32)30-20-7-4-3-5-8-20)31(29(33)24-9-6-14-36-24)21-11-13-23-26(18-21)38-16-15-37-23/h6,9-14,17-18,20,27H,3-5,7-8,15-16H2,1-2H3,(H,30,32)/t27-/m1/s1. The molecule has 1 saturated carbocycles. The van der Waals surface area contributed by atoms with Crippen molar-refractivity contribution in [2.45, 2.75) is 44.2 Å². The molecule has 2 heterocycles. The Labute approximate surface area is 221 Å². The fourth-order valence-electron chi connectivity index (χ4n) is 5.05. The van der Waals surface area contributed by atoms with E-state index >= 15 is 0 Å². The van der Waals surface area contributed by atoms with Crippen molar-refractivity contribution in [3.63, 3.8) is 0 Å². The van der Waals surface area contributed by atoms with Crippen LogP contribution in [0.15, 0.2) is 59.2 Å². The average Bonchev–Trinajstić information content (AvgIpc) is 3.51. The highest BCUT2D eigenvalue weighted by molar-refractivity contribution is 6.09. The summed E-state index contributed by atoms with van der Waals surface area (Å²) in [6.07, 6.45) is 6.52. The zero-order chi connectivity index (χ0) is 26.5. The first-order valence-corrected chi connectivity index (χ1v) is 12.9. The molecule has 0 unspecified atom stereocenters. The number of anilines is 1. The van der Waals surface area contributed by atoms with Crippen LogP contribution in [0.25, 0.3) is 0 Å². The molecule has 0 spiro atoms. The minimum atomic E-state index is -1.03. The van der Waals surface area contributed by atoms with Crippen LogP contribution in [0.4, 0.5) is 5.69 Å². The quantitative estimate of drug-likeness (QED) is 0.451. The van der Waals surface area contributed by atoms with Crippen molar-refractivity contribution in [2.75, 3.05) is 32.3 Å². The van der Waals surface area contributed by atoms with Crippen molar-refractivity contribution >= 4 is 17.5 Å².